The van der Waals surface area contributed by atoms with E-state index in [-0.39, 0.29) is 30.7 Å². The van der Waals surface area contributed by atoms with E-state index in [4.69, 9.17) is 5.11 Å². The highest BCUT2D eigenvalue weighted by atomic mass is 16.4. The molecule has 0 saturated carbocycles. The smallest absolute Gasteiger partial charge is 0.303 e. The molecule has 148 valence electrons. The number of aliphatic carboxylic acids is 1. The second kappa shape index (κ2) is 8.64. The summed E-state index contributed by atoms with van der Waals surface area (Å²) in [5.41, 5.74) is 0.255. The summed E-state index contributed by atoms with van der Waals surface area (Å²) in [4.78, 5) is 47.0. The standard InChI is InChI=1S/C19H22N4O5/c24-15-9-8-14(18(27)22-15)23-19(28)17-12(11-21-23)5-4-6-13(17)20-10-3-1-2-7-16(25)26/h4-6,11,14,20H,1-3,7-10H2,(H,25,26)(H,22,24,27). The number of imide groups is 1. The first kappa shape index (κ1) is 19.5. The van der Waals surface area contributed by atoms with Crippen molar-refractivity contribution in [3.05, 3.63) is 34.7 Å². The SMILES string of the molecule is O=C(O)CCCCCNc1cccc2cnn(C3CCC(=O)NC3=O)c(=O)c12. The van der Waals surface area contributed by atoms with Gasteiger partial charge in [-0.05, 0) is 25.3 Å². The molecule has 1 aliphatic heterocycles. The van der Waals surface area contributed by atoms with Crippen molar-refractivity contribution in [1.29, 1.82) is 0 Å². The van der Waals surface area contributed by atoms with Gasteiger partial charge < -0.3 is 10.4 Å². The number of benzene rings is 1. The molecule has 1 fully saturated rings. The van der Waals surface area contributed by atoms with Crippen molar-refractivity contribution in [1.82, 2.24) is 15.1 Å². The topological polar surface area (TPSA) is 130 Å². The molecule has 1 unspecified atom stereocenters. The lowest BCUT2D eigenvalue weighted by molar-refractivity contribution is -0.138. The minimum Gasteiger partial charge on any atom is -0.481 e. The Hall–Kier alpha value is -3.23. The summed E-state index contributed by atoms with van der Waals surface area (Å²) in [6.45, 7) is 0.596. The fourth-order valence-corrected chi connectivity index (χ4v) is 3.29. The molecule has 1 aromatic heterocycles. The number of carbonyl (C=O) groups excluding carboxylic acids is 2. The molecule has 0 spiro atoms. The summed E-state index contributed by atoms with van der Waals surface area (Å²) in [6, 6.07) is 4.57. The first-order chi connectivity index (χ1) is 13.5. The number of carboxylic acid groups (broad SMARTS) is 1. The average Bonchev–Trinajstić information content (AvgIpc) is 2.65. The summed E-state index contributed by atoms with van der Waals surface area (Å²) < 4.78 is 1.14. The van der Waals surface area contributed by atoms with Crippen LogP contribution in [0.5, 0.6) is 0 Å². The zero-order chi connectivity index (χ0) is 20.1. The molecule has 3 rings (SSSR count). The summed E-state index contributed by atoms with van der Waals surface area (Å²) >= 11 is 0. The Bertz CT molecular complexity index is 968. The maximum absolute atomic E-state index is 13.0. The van der Waals surface area contributed by atoms with Crippen LogP contribution in [0.3, 0.4) is 0 Å². The molecule has 0 bridgehead atoms. The van der Waals surface area contributed by atoms with Crippen molar-refractivity contribution < 1.29 is 19.5 Å². The van der Waals surface area contributed by atoms with Gasteiger partial charge in [0.15, 0.2) is 0 Å². The Labute approximate surface area is 160 Å². The van der Waals surface area contributed by atoms with Crippen LogP contribution in [0.25, 0.3) is 10.8 Å². The quantitative estimate of drug-likeness (QED) is 0.462. The lowest BCUT2D eigenvalue weighted by atomic mass is 10.1. The van der Waals surface area contributed by atoms with E-state index in [9.17, 15) is 19.2 Å². The third-order valence-electron chi connectivity index (χ3n) is 4.73. The molecular formula is C19H22N4O5. The van der Waals surface area contributed by atoms with Crippen molar-refractivity contribution >= 4 is 34.2 Å². The number of unbranched alkanes of at least 4 members (excludes halogenated alkanes) is 2. The van der Waals surface area contributed by atoms with Crippen LogP contribution in [0.1, 0.15) is 44.6 Å². The van der Waals surface area contributed by atoms with E-state index < -0.39 is 17.9 Å². The molecule has 2 aromatic rings. The van der Waals surface area contributed by atoms with Gasteiger partial charge in [-0.3, -0.25) is 24.5 Å². The van der Waals surface area contributed by atoms with E-state index >= 15 is 0 Å². The van der Waals surface area contributed by atoms with Gasteiger partial charge in [0.05, 0.1) is 11.6 Å². The Morgan fingerprint density at radius 2 is 2.07 bits per heavy atom. The number of amides is 2. The van der Waals surface area contributed by atoms with E-state index in [0.717, 1.165) is 17.5 Å². The highest BCUT2D eigenvalue weighted by Gasteiger charge is 2.30. The van der Waals surface area contributed by atoms with Gasteiger partial charge in [-0.2, -0.15) is 5.10 Å². The van der Waals surface area contributed by atoms with Crippen molar-refractivity contribution in [2.75, 3.05) is 11.9 Å². The molecule has 2 heterocycles. The van der Waals surface area contributed by atoms with Crippen molar-refractivity contribution in [3.8, 4) is 0 Å². The Kier molecular flexibility index (Phi) is 6.03. The molecule has 0 aliphatic carbocycles. The van der Waals surface area contributed by atoms with E-state index in [1.54, 1.807) is 18.3 Å². The molecular weight excluding hydrogens is 364 g/mol. The molecule has 1 saturated heterocycles. The number of piperidine rings is 1. The molecule has 2 amide bonds. The van der Waals surface area contributed by atoms with E-state index in [1.165, 1.54) is 0 Å². The largest absolute Gasteiger partial charge is 0.481 e. The maximum atomic E-state index is 13.0. The predicted octanol–water partition coefficient (Wildman–Crippen LogP) is 1.43. The first-order valence-corrected chi connectivity index (χ1v) is 9.27. The molecule has 3 N–H and O–H groups in total. The lowest BCUT2D eigenvalue weighted by Gasteiger charge is -2.22. The third-order valence-corrected chi connectivity index (χ3v) is 4.73. The van der Waals surface area contributed by atoms with Crippen LogP contribution in [-0.4, -0.2) is 39.2 Å². The summed E-state index contributed by atoms with van der Waals surface area (Å²) in [5.74, 6) is -1.67. The van der Waals surface area contributed by atoms with Crippen LogP contribution in [0, 0.1) is 0 Å². The summed E-state index contributed by atoms with van der Waals surface area (Å²) in [7, 11) is 0. The Balaban J connectivity index is 1.78. The number of fused-ring (bicyclic) bond motifs is 1. The van der Waals surface area contributed by atoms with Gasteiger partial charge >= 0.3 is 5.97 Å². The number of anilines is 1. The zero-order valence-electron chi connectivity index (χ0n) is 15.3. The third kappa shape index (κ3) is 4.36. The predicted molar refractivity (Wildman–Crippen MR) is 102 cm³/mol. The van der Waals surface area contributed by atoms with Gasteiger partial charge in [-0.1, -0.05) is 18.6 Å². The molecule has 9 nitrogen and oxygen atoms in total. The average molecular weight is 386 g/mol. The van der Waals surface area contributed by atoms with E-state index in [0.29, 0.717) is 29.4 Å². The molecule has 1 atom stereocenters. The number of carboxylic acids is 1. The summed E-state index contributed by atoms with van der Waals surface area (Å²) in [6.07, 6.45) is 4.25. The monoisotopic (exact) mass is 386 g/mol. The summed E-state index contributed by atoms with van der Waals surface area (Å²) in [5, 5.41) is 19.4. The van der Waals surface area contributed by atoms with Crippen LogP contribution in [0.15, 0.2) is 29.2 Å². The highest BCUT2D eigenvalue weighted by molar-refractivity contribution is 5.99. The lowest BCUT2D eigenvalue weighted by Crippen LogP contribution is -2.45. The number of aromatic nitrogens is 2. The van der Waals surface area contributed by atoms with Gasteiger partial charge in [-0.15, -0.1) is 0 Å². The number of nitrogens with one attached hydrogen (secondary N) is 2. The van der Waals surface area contributed by atoms with Crippen LogP contribution >= 0.6 is 0 Å². The second-order valence-electron chi connectivity index (χ2n) is 6.76. The number of rotatable bonds is 8. The number of carbonyl (C=O) groups is 3. The first-order valence-electron chi connectivity index (χ1n) is 9.27. The molecule has 0 radical (unpaired) electrons. The van der Waals surface area contributed by atoms with Crippen molar-refractivity contribution in [2.24, 2.45) is 0 Å². The molecule has 9 heteroatoms. The fourth-order valence-electron chi connectivity index (χ4n) is 3.29. The van der Waals surface area contributed by atoms with Crippen LogP contribution in [0.2, 0.25) is 0 Å². The zero-order valence-corrected chi connectivity index (χ0v) is 15.3. The highest BCUT2D eigenvalue weighted by Crippen LogP contribution is 2.22. The second-order valence-corrected chi connectivity index (χ2v) is 6.76. The van der Waals surface area contributed by atoms with Gasteiger partial charge in [0, 0.05) is 30.5 Å². The van der Waals surface area contributed by atoms with E-state index in [2.05, 4.69) is 15.7 Å². The van der Waals surface area contributed by atoms with Gasteiger partial charge in [-0.25, -0.2) is 4.68 Å². The fraction of sp³-hybridized carbons (Fsp3) is 0.421. The normalized spacial score (nSPS) is 16.8. The van der Waals surface area contributed by atoms with Crippen LogP contribution < -0.4 is 16.2 Å². The van der Waals surface area contributed by atoms with Gasteiger partial charge in [0.2, 0.25) is 5.91 Å². The minimum atomic E-state index is -0.807. The van der Waals surface area contributed by atoms with Crippen LogP contribution in [0.4, 0.5) is 5.69 Å². The molecule has 1 aromatic carbocycles. The Morgan fingerprint density at radius 3 is 2.82 bits per heavy atom. The van der Waals surface area contributed by atoms with Crippen molar-refractivity contribution in [2.45, 2.75) is 44.6 Å². The Morgan fingerprint density at radius 1 is 1.25 bits per heavy atom. The maximum Gasteiger partial charge on any atom is 0.303 e. The van der Waals surface area contributed by atoms with Gasteiger partial charge in [0.25, 0.3) is 11.5 Å². The van der Waals surface area contributed by atoms with Crippen LogP contribution in [-0.2, 0) is 14.4 Å². The van der Waals surface area contributed by atoms with E-state index in [1.807, 2.05) is 6.07 Å². The number of hydrogen-bond donors (Lipinski definition) is 3. The van der Waals surface area contributed by atoms with Gasteiger partial charge in [0.1, 0.15) is 6.04 Å². The number of nitrogens with zero attached hydrogens (tertiary/aromatic N) is 2. The van der Waals surface area contributed by atoms with Crippen molar-refractivity contribution in [3.63, 3.8) is 0 Å². The minimum absolute atomic E-state index is 0.149. The molecule has 1 aliphatic rings. The number of hydrogen-bond acceptors (Lipinski definition) is 6. The molecule has 28 heavy (non-hydrogen) atoms.